The smallest absolute Gasteiger partial charge is 0.246 e. The van der Waals surface area contributed by atoms with Gasteiger partial charge < -0.3 is 29.0 Å². The Kier molecular flexibility index (Phi) is 10.4. The number of carbonyl (C=O) groups is 1. The van der Waals surface area contributed by atoms with Crippen LogP contribution in [0.25, 0.3) is 6.08 Å². The molecule has 1 aliphatic heterocycles. The number of carbonyl (C=O) groups excluding carboxylic acids is 1. The number of nitrogens with zero attached hydrogens (tertiary/aromatic N) is 2. The van der Waals surface area contributed by atoms with Crippen LogP contribution in [0.15, 0.2) is 54.6 Å². The van der Waals surface area contributed by atoms with Crippen LogP contribution in [0.5, 0.6) is 11.5 Å². The number of hydrogen-bond donors (Lipinski definition) is 1. The maximum Gasteiger partial charge on any atom is 0.246 e. The first-order valence-electron chi connectivity index (χ1n) is 11.4. The Morgan fingerprint density at radius 2 is 1.79 bits per heavy atom. The van der Waals surface area contributed by atoms with Gasteiger partial charge in [-0.2, -0.15) is 0 Å². The van der Waals surface area contributed by atoms with Crippen molar-refractivity contribution in [2.45, 2.75) is 6.10 Å². The largest absolute Gasteiger partial charge is 0.493 e. The van der Waals surface area contributed by atoms with Gasteiger partial charge in [0.15, 0.2) is 18.3 Å². The maximum atomic E-state index is 12.7. The lowest BCUT2D eigenvalue weighted by Crippen LogP contribution is -2.49. The van der Waals surface area contributed by atoms with Crippen LogP contribution in [0.3, 0.4) is 0 Å². The van der Waals surface area contributed by atoms with Crippen molar-refractivity contribution in [1.82, 2.24) is 9.80 Å². The zero-order valence-corrected chi connectivity index (χ0v) is 19.9. The minimum absolute atomic E-state index is 0.0332. The summed E-state index contributed by atoms with van der Waals surface area (Å²) in [5.74, 6) is 1.10. The van der Waals surface area contributed by atoms with Crippen molar-refractivity contribution in [3.8, 4) is 11.5 Å². The average molecular weight is 471 g/mol. The molecule has 2 aromatic rings. The van der Waals surface area contributed by atoms with E-state index in [0.29, 0.717) is 44.3 Å². The van der Waals surface area contributed by atoms with Crippen LogP contribution in [0.4, 0.5) is 0 Å². The first kappa shape index (κ1) is 25.7. The lowest BCUT2D eigenvalue weighted by Gasteiger charge is -2.35. The van der Waals surface area contributed by atoms with Gasteiger partial charge in [-0.1, -0.05) is 36.4 Å². The lowest BCUT2D eigenvalue weighted by molar-refractivity contribution is -0.127. The molecule has 184 valence electrons. The molecule has 1 atom stereocenters. The third-order valence-corrected chi connectivity index (χ3v) is 5.64. The second-order valence-corrected chi connectivity index (χ2v) is 7.96. The number of β-amino-alcohol motifs (C(OH)–C–C–N with tert-alkyl or cyclic N) is 1. The summed E-state index contributed by atoms with van der Waals surface area (Å²) >= 11 is 0. The predicted molar refractivity (Wildman–Crippen MR) is 130 cm³/mol. The van der Waals surface area contributed by atoms with E-state index in [9.17, 15) is 9.90 Å². The quantitative estimate of drug-likeness (QED) is 0.290. The molecule has 8 heteroatoms. The van der Waals surface area contributed by atoms with Gasteiger partial charge in [-0.15, -0.1) is 0 Å². The molecule has 0 aliphatic carbocycles. The SMILES string of the molecule is COCCOCOc1ccc(C=CC(=O)N2CCN(CC(O)c3ccccc3)CC2)cc1OC. The molecule has 1 fully saturated rings. The molecule has 0 bridgehead atoms. The van der Waals surface area contributed by atoms with E-state index in [0.717, 1.165) is 24.2 Å². The highest BCUT2D eigenvalue weighted by Crippen LogP contribution is 2.28. The fraction of sp³-hybridized carbons (Fsp3) is 0.423. The summed E-state index contributed by atoms with van der Waals surface area (Å²) in [6.45, 7) is 4.33. The van der Waals surface area contributed by atoms with Crippen LogP contribution in [0.1, 0.15) is 17.2 Å². The summed E-state index contributed by atoms with van der Waals surface area (Å²) in [4.78, 5) is 16.7. The summed E-state index contributed by atoms with van der Waals surface area (Å²) in [7, 11) is 3.18. The van der Waals surface area contributed by atoms with E-state index in [1.807, 2.05) is 47.4 Å². The molecule has 1 N–H and O–H groups in total. The second-order valence-electron chi connectivity index (χ2n) is 7.96. The van der Waals surface area contributed by atoms with Crippen LogP contribution in [0.2, 0.25) is 0 Å². The lowest BCUT2D eigenvalue weighted by atomic mass is 10.1. The number of aliphatic hydroxyl groups excluding tert-OH is 1. The predicted octanol–water partition coefficient (Wildman–Crippen LogP) is 2.59. The number of hydrogen-bond acceptors (Lipinski definition) is 7. The Morgan fingerprint density at radius 3 is 2.50 bits per heavy atom. The molecule has 0 aromatic heterocycles. The van der Waals surface area contributed by atoms with Crippen LogP contribution in [-0.2, 0) is 14.3 Å². The minimum Gasteiger partial charge on any atom is -0.493 e. The molecule has 1 heterocycles. The average Bonchev–Trinajstić information content (AvgIpc) is 2.88. The van der Waals surface area contributed by atoms with E-state index in [-0.39, 0.29) is 12.7 Å². The Morgan fingerprint density at radius 1 is 1.03 bits per heavy atom. The zero-order chi connectivity index (χ0) is 24.2. The molecule has 1 saturated heterocycles. The van der Waals surface area contributed by atoms with E-state index in [1.54, 1.807) is 32.4 Å². The third kappa shape index (κ3) is 7.85. The van der Waals surface area contributed by atoms with Crippen molar-refractivity contribution < 1.29 is 28.8 Å². The number of amides is 1. The highest BCUT2D eigenvalue weighted by atomic mass is 16.7. The third-order valence-electron chi connectivity index (χ3n) is 5.64. The van der Waals surface area contributed by atoms with Crippen LogP contribution in [0, 0.1) is 0 Å². The van der Waals surface area contributed by atoms with Crippen LogP contribution in [-0.4, -0.2) is 87.8 Å². The molecule has 1 amide bonds. The van der Waals surface area contributed by atoms with Crippen molar-refractivity contribution >= 4 is 12.0 Å². The molecule has 0 spiro atoms. The van der Waals surface area contributed by atoms with Gasteiger partial charge in [0.05, 0.1) is 26.4 Å². The second kappa shape index (κ2) is 13.7. The number of benzene rings is 2. The van der Waals surface area contributed by atoms with E-state index in [2.05, 4.69) is 4.90 Å². The first-order chi connectivity index (χ1) is 16.6. The fourth-order valence-corrected chi connectivity index (χ4v) is 3.66. The fourth-order valence-electron chi connectivity index (χ4n) is 3.66. The number of methoxy groups -OCH3 is 2. The summed E-state index contributed by atoms with van der Waals surface area (Å²) in [5, 5.41) is 10.4. The summed E-state index contributed by atoms with van der Waals surface area (Å²) in [6.07, 6.45) is 2.83. The van der Waals surface area contributed by atoms with Gasteiger partial charge in [-0.3, -0.25) is 9.69 Å². The van der Waals surface area contributed by atoms with Gasteiger partial charge in [0, 0.05) is 45.9 Å². The number of piperazine rings is 1. The van der Waals surface area contributed by atoms with Gasteiger partial charge in [0.2, 0.25) is 5.91 Å². The normalized spacial score (nSPS) is 15.4. The Labute approximate surface area is 201 Å². The Hall–Kier alpha value is -2.91. The maximum absolute atomic E-state index is 12.7. The molecule has 1 unspecified atom stereocenters. The molecule has 3 rings (SSSR count). The number of ether oxygens (including phenoxy) is 4. The summed E-state index contributed by atoms with van der Waals surface area (Å²) in [5.41, 5.74) is 1.75. The molecular formula is C26H34N2O6. The summed E-state index contributed by atoms with van der Waals surface area (Å²) < 4.78 is 21.2. The van der Waals surface area contributed by atoms with Gasteiger partial charge >= 0.3 is 0 Å². The van der Waals surface area contributed by atoms with E-state index >= 15 is 0 Å². The van der Waals surface area contributed by atoms with Crippen molar-refractivity contribution in [3.05, 3.63) is 65.7 Å². The van der Waals surface area contributed by atoms with Crippen LogP contribution >= 0.6 is 0 Å². The van der Waals surface area contributed by atoms with Gasteiger partial charge in [0.1, 0.15) is 0 Å². The molecule has 0 saturated carbocycles. The standard InChI is InChI=1S/C26H34N2O6/c1-31-16-17-33-20-34-24-10-8-21(18-25(24)32-2)9-11-26(30)28-14-12-27(13-15-28)19-23(29)22-6-4-3-5-7-22/h3-11,18,23,29H,12-17,19-20H2,1-2H3. The Bertz CT molecular complexity index is 913. The van der Waals surface area contributed by atoms with Crippen molar-refractivity contribution in [3.63, 3.8) is 0 Å². The molecule has 34 heavy (non-hydrogen) atoms. The summed E-state index contributed by atoms with van der Waals surface area (Å²) in [6, 6.07) is 15.1. The van der Waals surface area contributed by atoms with Gasteiger partial charge in [-0.05, 0) is 29.3 Å². The molecule has 1 aliphatic rings. The van der Waals surface area contributed by atoms with Gasteiger partial charge in [-0.25, -0.2) is 0 Å². The van der Waals surface area contributed by atoms with E-state index in [1.165, 1.54) is 0 Å². The van der Waals surface area contributed by atoms with Crippen molar-refractivity contribution in [2.24, 2.45) is 0 Å². The zero-order valence-electron chi connectivity index (χ0n) is 19.9. The first-order valence-corrected chi connectivity index (χ1v) is 11.4. The topological polar surface area (TPSA) is 80.7 Å². The Balaban J connectivity index is 1.46. The molecule has 0 radical (unpaired) electrons. The van der Waals surface area contributed by atoms with E-state index in [4.69, 9.17) is 18.9 Å². The molecular weight excluding hydrogens is 436 g/mol. The monoisotopic (exact) mass is 470 g/mol. The molecule has 2 aromatic carbocycles. The van der Waals surface area contributed by atoms with Crippen LogP contribution < -0.4 is 9.47 Å². The highest BCUT2D eigenvalue weighted by molar-refractivity contribution is 5.92. The minimum atomic E-state index is -0.526. The van der Waals surface area contributed by atoms with E-state index < -0.39 is 6.10 Å². The van der Waals surface area contributed by atoms with Gasteiger partial charge in [0.25, 0.3) is 0 Å². The molecule has 8 nitrogen and oxygen atoms in total. The number of rotatable bonds is 12. The number of aliphatic hydroxyl groups is 1. The highest BCUT2D eigenvalue weighted by Gasteiger charge is 2.21. The van der Waals surface area contributed by atoms with Crippen molar-refractivity contribution in [1.29, 1.82) is 0 Å². The van der Waals surface area contributed by atoms with Crippen molar-refractivity contribution in [2.75, 3.05) is 67.0 Å².